The topological polar surface area (TPSA) is 86.6 Å². The zero-order valence-corrected chi connectivity index (χ0v) is 15.1. The fourth-order valence-corrected chi connectivity index (χ4v) is 4.10. The average molecular weight is 352 g/mol. The van der Waals surface area contributed by atoms with Crippen LogP contribution in [0.1, 0.15) is 32.5 Å². The van der Waals surface area contributed by atoms with Crippen molar-refractivity contribution in [3.05, 3.63) is 24.4 Å². The first-order chi connectivity index (χ1) is 11.3. The maximum absolute atomic E-state index is 13.0. The smallest absolute Gasteiger partial charge is 0.326 e. The van der Waals surface area contributed by atoms with E-state index in [9.17, 15) is 14.2 Å². The second-order valence-electron chi connectivity index (χ2n) is 5.15. The fourth-order valence-electron chi connectivity index (χ4n) is 2.48. The van der Waals surface area contributed by atoms with E-state index in [1.165, 1.54) is 18.4 Å². The molecule has 0 aliphatic carbocycles. The quantitative estimate of drug-likeness (QED) is 0.807. The summed E-state index contributed by atoms with van der Waals surface area (Å²) in [5.41, 5.74) is 0.984. The number of fused-ring (bicyclic) bond motifs is 1. The van der Waals surface area contributed by atoms with Crippen LogP contribution >= 0.6 is 7.60 Å². The summed E-state index contributed by atoms with van der Waals surface area (Å²) in [5, 5.41) is 3.67. The molecule has 1 aromatic carbocycles. The van der Waals surface area contributed by atoms with E-state index in [1.807, 2.05) is 0 Å². The number of rotatable bonds is 6. The van der Waals surface area contributed by atoms with Gasteiger partial charge in [0.05, 0.1) is 29.7 Å². The normalized spacial score (nSPS) is 11.7. The molecule has 0 unspecified atom stereocenters. The summed E-state index contributed by atoms with van der Waals surface area (Å²) < 4.78 is 25.2. The van der Waals surface area contributed by atoms with E-state index in [1.54, 1.807) is 38.2 Å². The van der Waals surface area contributed by atoms with Crippen molar-refractivity contribution in [2.24, 2.45) is 0 Å². The maximum Gasteiger partial charge on any atom is 0.361 e. The lowest BCUT2D eigenvalue weighted by molar-refractivity contribution is -0.114. The number of nitrogens with zero attached hydrogens (tertiary/aromatic N) is 1. The number of aromatic nitrogens is 1. The largest absolute Gasteiger partial charge is 0.361 e. The molecule has 0 atom stereocenters. The van der Waals surface area contributed by atoms with Crippen molar-refractivity contribution in [2.45, 2.75) is 27.7 Å². The highest BCUT2D eigenvalue weighted by Gasteiger charge is 2.28. The number of hydrogen-bond donors (Lipinski definition) is 1. The Morgan fingerprint density at radius 3 is 2.29 bits per heavy atom. The van der Waals surface area contributed by atoms with Crippen LogP contribution in [0.15, 0.2) is 24.4 Å². The van der Waals surface area contributed by atoms with Gasteiger partial charge in [0, 0.05) is 25.4 Å². The van der Waals surface area contributed by atoms with Gasteiger partial charge >= 0.3 is 7.60 Å². The molecule has 130 valence electrons. The van der Waals surface area contributed by atoms with Gasteiger partial charge in [-0.25, -0.2) is 0 Å². The van der Waals surface area contributed by atoms with E-state index < -0.39 is 7.60 Å². The van der Waals surface area contributed by atoms with Gasteiger partial charge in [-0.3, -0.25) is 18.7 Å². The second kappa shape index (κ2) is 7.30. The first-order valence-corrected chi connectivity index (χ1v) is 9.20. The Kier molecular flexibility index (Phi) is 5.59. The average Bonchev–Trinajstić information content (AvgIpc) is 2.91. The zero-order chi connectivity index (χ0) is 17.9. The summed E-state index contributed by atoms with van der Waals surface area (Å²) in [7, 11) is -3.55. The van der Waals surface area contributed by atoms with Crippen LogP contribution in [0.2, 0.25) is 0 Å². The van der Waals surface area contributed by atoms with Crippen molar-refractivity contribution in [3.8, 4) is 0 Å². The number of amides is 1. The number of hydrogen-bond acceptors (Lipinski definition) is 5. The maximum atomic E-state index is 13.0. The molecule has 1 amide bonds. The minimum atomic E-state index is -3.55. The molecule has 0 aliphatic rings. The predicted octanol–water partition coefficient (Wildman–Crippen LogP) is 3.15. The van der Waals surface area contributed by atoms with Crippen LogP contribution in [0, 0.1) is 0 Å². The fraction of sp³-hybridized carbons (Fsp3) is 0.375. The minimum Gasteiger partial charge on any atom is -0.326 e. The number of anilines is 1. The van der Waals surface area contributed by atoms with Crippen molar-refractivity contribution in [2.75, 3.05) is 18.5 Å². The molecular weight excluding hydrogens is 331 g/mol. The number of benzene rings is 1. The lowest BCUT2D eigenvalue weighted by atomic mass is 10.2. The molecule has 0 radical (unpaired) electrons. The van der Waals surface area contributed by atoms with Crippen LogP contribution in [0.5, 0.6) is 0 Å². The molecule has 0 saturated carbocycles. The van der Waals surface area contributed by atoms with E-state index in [0.717, 1.165) is 0 Å². The second-order valence-corrected chi connectivity index (χ2v) is 7.17. The van der Waals surface area contributed by atoms with Crippen LogP contribution in [-0.4, -0.2) is 29.6 Å². The molecular formula is C16H21N2O5P. The molecule has 1 N–H and O–H groups in total. The third kappa shape index (κ3) is 3.59. The van der Waals surface area contributed by atoms with Gasteiger partial charge in [0.2, 0.25) is 11.8 Å². The Morgan fingerprint density at radius 1 is 1.17 bits per heavy atom. The van der Waals surface area contributed by atoms with Crippen LogP contribution in [0.25, 0.3) is 10.9 Å². The molecule has 2 aromatic rings. The van der Waals surface area contributed by atoms with E-state index >= 15 is 0 Å². The van der Waals surface area contributed by atoms with E-state index in [0.29, 0.717) is 21.9 Å². The Balaban J connectivity index is 2.73. The first kappa shape index (κ1) is 18.4. The van der Waals surface area contributed by atoms with Gasteiger partial charge in [0.15, 0.2) is 0 Å². The van der Waals surface area contributed by atoms with Gasteiger partial charge in [-0.1, -0.05) is 0 Å². The van der Waals surface area contributed by atoms with Gasteiger partial charge in [0.1, 0.15) is 0 Å². The molecule has 2 rings (SSSR count). The van der Waals surface area contributed by atoms with Crippen molar-refractivity contribution in [3.63, 3.8) is 0 Å². The lowest BCUT2D eigenvalue weighted by Gasteiger charge is -2.19. The lowest BCUT2D eigenvalue weighted by Crippen LogP contribution is -2.15. The van der Waals surface area contributed by atoms with Crippen molar-refractivity contribution >= 4 is 41.3 Å². The van der Waals surface area contributed by atoms with Crippen molar-refractivity contribution < 1.29 is 23.2 Å². The van der Waals surface area contributed by atoms with Crippen LogP contribution in [0.4, 0.5) is 5.69 Å². The highest BCUT2D eigenvalue weighted by atomic mass is 31.2. The third-order valence-electron chi connectivity index (χ3n) is 3.36. The van der Waals surface area contributed by atoms with Gasteiger partial charge in [-0.2, -0.15) is 0 Å². The molecule has 0 fully saturated rings. The van der Waals surface area contributed by atoms with Crippen LogP contribution < -0.4 is 10.6 Å². The minimum absolute atomic E-state index is 0.196. The molecule has 0 spiro atoms. The highest BCUT2D eigenvalue weighted by molar-refractivity contribution is 7.62. The summed E-state index contributed by atoms with van der Waals surface area (Å²) in [4.78, 5) is 23.3. The number of nitrogens with one attached hydrogen (secondary N) is 1. The van der Waals surface area contributed by atoms with E-state index in [4.69, 9.17) is 9.05 Å². The van der Waals surface area contributed by atoms with Crippen molar-refractivity contribution in [1.29, 1.82) is 0 Å². The first-order valence-electron chi connectivity index (χ1n) is 7.65. The summed E-state index contributed by atoms with van der Waals surface area (Å²) in [6.45, 7) is 6.66. The molecule has 0 aliphatic heterocycles. The predicted molar refractivity (Wildman–Crippen MR) is 93.0 cm³/mol. The molecule has 0 saturated heterocycles. The number of carbonyl (C=O) groups excluding carboxylic acids is 2. The summed E-state index contributed by atoms with van der Waals surface area (Å²) in [5.74, 6) is -0.467. The van der Waals surface area contributed by atoms with E-state index in [2.05, 4.69) is 5.32 Å². The van der Waals surface area contributed by atoms with Gasteiger partial charge in [-0.05, 0) is 32.0 Å². The SMILES string of the molecule is CCOP(=O)(OCC)c1cc(NC(C)=O)c2ccn(C(C)=O)c2c1. The Hall–Kier alpha value is -1.95. The van der Waals surface area contributed by atoms with Gasteiger partial charge < -0.3 is 14.4 Å². The van der Waals surface area contributed by atoms with Gasteiger partial charge in [0.25, 0.3) is 0 Å². The molecule has 24 heavy (non-hydrogen) atoms. The standard InChI is InChI=1S/C16H21N2O5P/c1-5-22-24(21,23-6-2)13-9-15(17-11(3)19)14-7-8-18(12(4)20)16(14)10-13/h7-10H,5-6H2,1-4H3,(H,17,19). The summed E-state index contributed by atoms with van der Waals surface area (Å²) in [6.07, 6.45) is 1.61. The third-order valence-corrected chi connectivity index (χ3v) is 5.44. The highest BCUT2D eigenvalue weighted by Crippen LogP contribution is 2.48. The molecule has 8 heteroatoms. The Morgan fingerprint density at radius 2 is 1.79 bits per heavy atom. The van der Waals surface area contributed by atoms with Crippen molar-refractivity contribution in [1.82, 2.24) is 4.57 Å². The summed E-state index contributed by atoms with van der Waals surface area (Å²) in [6, 6.07) is 4.90. The molecule has 1 heterocycles. The zero-order valence-electron chi connectivity index (χ0n) is 14.2. The monoisotopic (exact) mass is 352 g/mol. The molecule has 0 bridgehead atoms. The van der Waals surface area contributed by atoms with E-state index in [-0.39, 0.29) is 25.0 Å². The van der Waals surface area contributed by atoms with Crippen LogP contribution in [-0.2, 0) is 18.4 Å². The summed E-state index contributed by atoms with van der Waals surface area (Å²) >= 11 is 0. The van der Waals surface area contributed by atoms with Crippen LogP contribution in [0.3, 0.4) is 0 Å². The molecule has 7 nitrogen and oxygen atoms in total. The van der Waals surface area contributed by atoms with Gasteiger partial charge in [-0.15, -0.1) is 0 Å². The molecule has 1 aromatic heterocycles. The Bertz CT molecular complexity index is 817. The number of carbonyl (C=O) groups is 2. The Labute approximate surface area is 140 Å².